The van der Waals surface area contributed by atoms with E-state index in [1.807, 2.05) is 30.3 Å². The van der Waals surface area contributed by atoms with Gasteiger partial charge in [-0.15, -0.1) is 0 Å². The van der Waals surface area contributed by atoms with Crippen molar-refractivity contribution in [3.63, 3.8) is 0 Å². The molecule has 0 heterocycles. The van der Waals surface area contributed by atoms with Gasteiger partial charge in [0.05, 0.1) is 0 Å². The van der Waals surface area contributed by atoms with Crippen LogP contribution in [0.1, 0.15) is 45.1 Å². The lowest BCUT2D eigenvalue weighted by molar-refractivity contribution is -0.142. The van der Waals surface area contributed by atoms with Crippen LogP contribution < -0.4 is 5.32 Å². The Labute approximate surface area is 138 Å². The lowest BCUT2D eigenvalue weighted by atomic mass is 9.76. The molecule has 0 aromatic heterocycles. The third-order valence-corrected chi connectivity index (χ3v) is 4.93. The van der Waals surface area contributed by atoms with Crippen LogP contribution in [0.4, 0.5) is 0 Å². The Morgan fingerprint density at radius 1 is 1.22 bits per heavy atom. The van der Waals surface area contributed by atoms with E-state index in [0.717, 1.165) is 24.8 Å². The fourth-order valence-electron chi connectivity index (χ4n) is 3.41. The standard InChI is InChI=1S/C19H27NO3/c1-13(2)15-9-6-10-16(12-15)18(21)20-17(19(22)23)11-14-7-4-3-5-8-14/h3-5,7-8,13,15-17H,6,9-12H2,1-2H3,(H,20,21)(H,22,23)/t15-,16+,17-/m1/s1. The number of benzene rings is 1. The molecule has 0 spiro atoms. The van der Waals surface area contributed by atoms with Gasteiger partial charge in [-0.2, -0.15) is 0 Å². The Bertz CT molecular complexity index is 527. The maximum Gasteiger partial charge on any atom is 0.326 e. The van der Waals surface area contributed by atoms with Gasteiger partial charge in [-0.3, -0.25) is 4.79 Å². The van der Waals surface area contributed by atoms with Crippen LogP contribution in [-0.2, 0) is 16.0 Å². The predicted molar refractivity (Wildman–Crippen MR) is 90.0 cm³/mol. The van der Waals surface area contributed by atoms with Gasteiger partial charge >= 0.3 is 5.97 Å². The fourth-order valence-corrected chi connectivity index (χ4v) is 3.41. The van der Waals surface area contributed by atoms with Crippen molar-refractivity contribution in [1.82, 2.24) is 5.32 Å². The zero-order valence-corrected chi connectivity index (χ0v) is 14.0. The van der Waals surface area contributed by atoms with Crippen LogP contribution in [0.5, 0.6) is 0 Å². The molecule has 4 nitrogen and oxygen atoms in total. The summed E-state index contributed by atoms with van der Waals surface area (Å²) in [7, 11) is 0. The zero-order chi connectivity index (χ0) is 16.8. The summed E-state index contributed by atoms with van der Waals surface area (Å²) >= 11 is 0. The first-order valence-electron chi connectivity index (χ1n) is 8.54. The van der Waals surface area contributed by atoms with Crippen LogP contribution in [0.2, 0.25) is 0 Å². The second-order valence-corrected chi connectivity index (χ2v) is 6.96. The van der Waals surface area contributed by atoms with Gasteiger partial charge in [-0.1, -0.05) is 57.0 Å². The van der Waals surface area contributed by atoms with Crippen molar-refractivity contribution < 1.29 is 14.7 Å². The second kappa shape index (κ2) is 8.14. The Morgan fingerprint density at radius 2 is 1.91 bits per heavy atom. The minimum absolute atomic E-state index is 0.0474. The number of rotatable bonds is 6. The molecule has 1 aliphatic rings. The van der Waals surface area contributed by atoms with E-state index < -0.39 is 12.0 Å². The van der Waals surface area contributed by atoms with Crippen molar-refractivity contribution in [2.45, 2.75) is 52.0 Å². The first kappa shape index (κ1) is 17.5. The third-order valence-electron chi connectivity index (χ3n) is 4.93. The minimum atomic E-state index is -0.974. The van der Waals surface area contributed by atoms with Gasteiger partial charge in [-0.05, 0) is 30.2 Å². The normalized spacial score (nSPS) is 22.6. The monoisotopic (exact) mass is 317 g/mol. The quantitative estimate of drug-likeness (QED) is 0.846. The number of carboxylic acid groups (broad SMARTS) is 1. The lowest BCUT2D eigenvalue weighted by Crippen LogP contribution is -2.46. The summed E-state index contributed by atoms with van der Waals surface area (Å²) < 4.78 is 0. The minimum Gasteiger partial charge on any atom is -0.480 e. The summed E-state index contributed by atoms with van der Waals surface area (Å²) in [6.07, 6.45) is 4.29. The van der Waals surface area contributed by atoms with Crippen LogP contribution in [0.3, 0.4) is 0 Å². The molecule has 23 heavy (non-hydrogen) atoms. The summed E-state index contributed by atoms with van der Waals surface area (Å²) in [5.74, 6) is 0.0213. The third kappa shape index (κ3) is 5.08. The van der Waals surface area contributed by atoms with E-state index in [1.54, 1.807) is 0 Å². The summed E-state index contributed by atoms with van der Waals surface area (Å²) in [6.45, 7) is 4.39. The van der Waals surface area contributed by atoms with Gasteiger partial charge in [0, 0.05) is 12.3 Å². The van der Waals surface area contributed by atoms with Crippen LogP contribution in [0, 0.1) is 17.8 Å². The number of hydrogen-bond donors (Lipinski definition) is 2. The molecule has 0 bridgehead atoms. The second-order valence-electron chi connectivity index (χ2n) is 6.96. The molecule has 1 fully saturated rings. The molecule has 4 heteroatoms. The number of amides is 1. The molecule has 1 amide bonds. The van der Waals surface area contributed by atoms with Crippen LogP contribution in [0.15, 0.2) is 30.3 Å². The fraction of sp³-hybridized carbons (Fsp3) is 0.579. The molecular formula is C19H27NO3. The highest BCUT2D eigenvalue weighted by Gasteiger charge is 2.31. The topological polar surface area (TPSA) is 66.4 Å². The number of hydrogen-bond acceptors (Lipinski definition) is 2. The Hall–Kier alpha value is -1.84. The van der Waals surface area contributed by atoms with Gasteiger partial charge in [-0.25, -0.2) is 4.79 Å². The van der Waals surface area contributed by atoms with E-state index in [1.165, 1.54) is 6.42 Å². The van der Waals surface area contributed by atoms with Gasteiger partial charge in [0.25, 0.3) is 0 Å². The molecule has 126 valence electrons. The number of carbonyl (C=O) groups excluding carboxylic acids is 1. The molecule has 0 saturated heterocycles. The van der Waals surface area contributed by atoms with E-state index in [0.29, 0.717) is 18.3 Å². The zero-order valence-electron chi connectivity index (χ0n) is 14.0. The number of carbonyl (C=O) groups is 2. The van der Waals surface area contributed by atoms with Crippen LogP contribution in [-0.4, -0.2) is 23.0 Å². The highest BCUT2D eigenvalue weighted by molar-refractivity contribution is 5.85. The predicted octanol–water partition coefficient (Wildman–Crippen LogP) is 3.26. The van der Waals surface area contributed by atoms with Crippen molar-refractivity contribution in [3.8, 4) is 0 Å². The van der Waals surface area contributed by atoms with Crippen molar-refractivity contribution >= 4 is 11.9 Å². The smallest absolute Gasteiger partial charge is 0.326 e. The average molecular weight is 317 g/mol. The molecule has 1 aliphatic carbocycles. The summed E-state index contributed by atoms with van der Waals surface area (Å²) in [5.41, 5.74) is 0.920. The Balaban J connectivity index is 1.96. The maximum atomic E-state index is 12.5. The number of nitrogens with one attached hydrogen (secondary N) is 1. The van der Waals surface area contributed by atoms with Crippen molar-refractivity contribution in [2.24, 2.45) is 17.8 Å². The summed E-state index contributed by atoms with van der Waals surface area (Å²) in [5, 5.41) is 12.2. The Morgan fingerprint density at radius 3 is 2.52 bits per heavy atom. The largest absolute Gasteiger partial charge is 0.480 e. The van der Waals surface area contributed by atoms with E-state index in [2.05, 4.69) is 19.2 Å². The van der Waals surface area contributed by atoms with Crippen LogP contribution >= 0.6 is 0 Å². The van der Waals surface area contributed by atoms with Gasteiger partial charge in [0.2, 0.25) is 5.91 Å². The van der Waals surface area contributed by atoms with Crippen molar-refractivity contribution in [2.75, 3.05) is 0 Å². The summed E-state index contributed by atoms with van der Waals surface area (Å²) in [4.78, 5) is 24.0. The van der Waals surface area contributed by atoms with E-state index in [4.69, 9.17) is 0 Å². The highest BCUT2D eigenvalue weighted by Crippen LogP contribution is 2.33. The highest BCUT2D eigenvalue weighted by atomic mass is 16.4. The SMILES string of the molecule is CC(C)[C@@H]1CCC[C@H](C(=O)N[C@H](Cc2ccccc2)C(=O)O)C1. The molecule has 2 rings (SSSR count). The van der Waals surface area contributed by atoms with Crippen molar-refractivity contribution in [1.29, 1.82) is 0 Å². The molecule has 2 N–H and O–H groups in total. The van der Waals surface area contributed by atoms with Crippen LogP contribution in [0.25, 0.3) is 0 Å². The number of aliphatic carboxylic acids is 1. The van der Waals surface area contributed by atoms with E-state index in [9.17, 15) is 14.7 Å². The van der Waals surface area contributed by atoms with E-state index in [-0.39, 0.29) is 11.8 Å². The van der Waals surface area contributed by atoms with Crippen molar-refractivity contribution in [3.05, 3.63) is 35.9 Å². The average Bonchev–Trinajstić information content (AvgIpc) is 2.55. The van der Waals surface area contributed by atoms with E-state index >= 15 is 0 Å². The van der Waals surface area contributed by atoms with Gasteiger partial charge in [0.1, 0.15) is 6.04 Å². The lowest BCUT2D eigenvalue weighted by Gasteiger charge is -2.31. The summed E-state index contributed by atoms with van der Waals surface area (Å²) in [6, 6.07) is 8.57. The number of carboxylic acids is 1. The maximum absolute atomic E-state index is 12.5. The molecule has 0 unspecified atom stereocenters. The Kier molecular flexibility index (Phi) is 6.20. The van der Waals surface area contributed by atoms with Gasteiger partial charge in [0.15, 0.2) is 0 Å². The molecule has 1 aromatic rings. The first-order chi connectivity index (χ1) is 11.0. The first-order valence-corrected chi connectivity index (χ1v) is 8.54. The van der Waals surface area contributed by atoms with Gasteiger partial charge < -0.3 is 10.4 Å². The molecule has 3 atom stereocenters. The molecular weight excluding hydrogens is 290 g/mol. The molecule has 1 aromatic carbocycles. The molecule has 0 radical (unpaired) electrons. The molecule has 1 saturated carbocycles. The molecule has 0 aliphatic heterocycles.